The van der Waals surface area contributed by atoms with Crippen molar-refractivity contribution in [2.45, 2.75) is 26.2 Å². The van der Waals surface area contributed by atoms with E-state index in [1.807, 2.05) is 24.3 Å². The monoisotopic (exact) mass is 316 g/mol. The summed E-state index contributed by atoms with van der Waals surface area (Å²) in [7, 11) is 0. The van der Waals surface area contributed by atoms with Gasteiger partial charge in [-0.15, -0.1) is 0 Å². The van der Waals surface area contributed by atoms with Crippen molar-refractivity contribution in [2.75, 3.05) is 6.61 Å². The lowest BCUT2D eigenvalue weighted by Gasteiger charge is -2.10. The number of rotatable bonds is 6. The third-order valence-corrected chi connectivity index (χ3v) is 3.60. The van der Waals surface area contributed by atoms with Crippen LogP contribution in [0.4, 0.5) is 0 Å². The molecule has 5 heteroatoms. The van der Waals surface area contributed by atoms with Crippen LogP contribution in [0.1, 0.15) is 31.7 Å². The van der Waals surface area contributed by atoms with E-state index in [0.717, 1.165) is 12.5 Å². The molecular weight excluding hydrogens is 296 g/mol. The molecule has 0 fully saturated rings. The van der Waals surface area contributed by atoms with Crippen molar-refractivity contribution in [1.29, 1.82) is 0 Å². The summed E-state index contributed by atoms with van der Waals surface area (Å²) in [6.07, 6.45) is 1.06. The molecule has 0 aromatic heterocycles. The normalized spacial score (nSPS) is 11.7. The second kappa shape index (κ2) is 7.54. The number of aromatic hydroxyl groups is 2. The van der Waals surface area contributed by atoms with Crippen molar-refractivity contribution in [3.63, 3.8) is 0 Å². The number of carbonyl (C=O) groups is 1. The van der Waals surface area contributed by atoms with Crippen LogP contribution in [-0.2, 0) is 4.79 Å². The molecule has 2 rings (SSSR count). The standard InChI is InChI=1S/C18H20O5/c1-3-12(2)13-4-6-14(7-5-13)22-11-18(21)23-15-8-9-16(19)17(20)10-15/h4-10,12,19-20H,3,11H2,1-2H3. The third kappa shape index (κ3) is 4.64. The Morgan fingerprint density at radius 3 is 2.30 bits per heavy atom. The zero-order chi connectivity index (χ0) is 16.8. The maximum absolute atomic E-state index is 11.7. The van der Waals surface area contributed by atoms with Crippen LogP contribution in [0.5, 0.6) is 23.0 Å². The molecule has 2 aromatic carbocycles. The van der Waals surface area contributed by atoms with E-state index in [4.69, 9.17) is 9.47 Å². The fraction of sp³-hybridized carbons (Fsp3) is 0.278. The molecule has 1 atom stereocenters. The highest BCUT2D eigenvalue weighted by Crippen LogP contribution is 2.28. The molecule has 5 nitrogen and oxygen atoms in total. The molecule has 23 heavy (non-hydrogen) atoms. The van der Waals surface area contributed by atoms with Gasteiger partial charge >= 0.3 is 5.97 Å². The van der Waals surface area contributed by atoms with Crippen molar-refractivity contribution < 1.29 is 24.5 Å². The van der Waals surface area contributed by atoms with E-state index in [-0.39, 0.29) is 23.9 Å². The lowest BCUT2D eigenvalue weighted by atomic mass is 9.99. The Morgan fingerprint density at radius 1 is 1.04 bits per heavy atom. The van der Waals surface area contributed by atoms with Gasteiger partial charge in [-0.1, -0.05) is 26.0 Å². The highest BCUT2D eigenvalue weighted by atomic mass is 16.6. The first-order chi connectivity index (χ1) is 11.0. The summed E-state index contributed by atoms with van der Waals surface area (Å²) in [5.41, 5.74) is 1.22. The lowest BCUT2D eigenvalue weighted by Crippen LogP contribution is -2.17. The van der Waals surface area contributed by atoms with Gasteiger partial charge in [0.1, 0.15) is 11.5 Å². The molecule has 122 valence electrons. The Kier molecular flexibility index (Phi) is 5.46. The van der Waals surface area contributed by atoms with Crippen molar-refractivity contribution in [2.24, 2.45) is 0 Å². The molecular formula is C18H20O5. The third-order valence-electron chi connectivity index (χ3n) is 3.60. The highest BCUT2D eigenvalue weighted by molar-refractivity contribution is 5.74. The van der Waals surface area contributed by atoms with Crippen LogP contribution >= 0.6 is 0 Å². The van der Waals surface area contributed by atoms with E-state index >= 15 is 0 Å². The number of hydrogen-bond acceptors (Lipinski definition) is 5. The molecule has 0 heterocycles. The lowest BCUT2D eigenvalue weighted by molar-refractivity contribution is -0.136. The molecule has 1 unspecified atom stereocenters. The Balaban J connectivity index is 1.87. The molecule has 0 aliphatic carbocycles. The number of phenolic OH excluding ortho intramolecular Hbond substituents is 2. The van der Waals surface area contributed by atoms with Crippen LogP contribution in [0, 0.1) is 0 Å². The second-order valence-electron chi connectivity index (χ2n) is 5.29. The SMILES string of the molecule is CCC(C)c1ccc(OCC(=O)Oc2ccc(O)c(O)c2)cc1. The number of hydrogen-bond donors (Lipinski definition) is 2. The molecule has 0 bridgehead atoms. The maximum Gasteiger partial charge on any atom is 0.349 e. The van der Waals surface area contributed by atoms with Gasteiger partial charge < -0.3 is 19.7 Å². The van der Waals surface area contributed by atoms with Crippen molar-refractivity contribution in [1.82, 2.24) is 0 Å². The molecule has 0 radical (unpaired) electrons. The zero-order valence-electron chi connectivity index (χ0n) is 13.2. The predicted molar refractivity (Wildman–Crippen MR) is 86.0 cm³/mol. The van der Waals surface area contributed by atoms with E-state index in [1.54, 1.807) is 0 Å². The van der Waals surface area contributed by atoms with Gasteiger partial charge in [0.2, 0.25) is 0 Å². The first-order valence-electron chi connectivity index (χ1n) is 7.45. The van der Waals surface area contributed by atoms with Gasteiger partial charge in [-0.25, -0.2) is 4.79 Å². The number of ether oxygens (including phenoxy) is 2. The summed E-state index contributed by atoms with van der Waals surface area (Å²) >= 11 is 0. The number of phenols is 2. The smallest absolute Gasteiger partial charge is 0.349 e. The van der Waals surface area contributed by atoms with Gasteiger partial charge in [-0.3, -0.25) is 0 Å². The Labute approximate surface area is 135 Å². The number of carbonyl (C=O) groups excluding carboxylic acids is 1. The van der Waals surface area contributed by atoms with E-state index in [2.05, 4.69) is 13.8 Å². The Bertz CT molecular complexity index is 664. The van der Waals surface area contributed by atoms with Crippen LogP contribution in [0.2, 0.25) is 0 Å². The highest BCUT2D eigenvalue weighted by Gasteiger charge is 2.09. The molecule has 0 amide bonds. The zero-order valence-corrected chi connectivity index (χ0v) is 13.2. The predicted octanol–water partition coefficient (Wildman–Crippen LogP) is 3.60. The molecule has 0 aliphatic rings. The van der Waals surface area contributed by atoms with Gasteiger partial charge in [0.15, 0.2) is 18.1 Å². The van der Waals surface area contributed by atoms with E-state index in [1.165, 1.54) is 17.7 Å². The fourth-order valence-electron chi connectivity index (χ4n) is 2.00. The topological polar surface area (TPSA) is 76.0 Å². The summed E-state index contributed by atoms with van der Waals surface area (Å²) < 4.78 is 10.4. The van der Waals surface area contributed by atoms with Crippen molar-refractivity contribution in [3.8, 4) is 23.0 Å². The van der Waals surface area contributed by atoms with Crippen LogP contribution in [0.25, 0.3) is 0 Å². The summed E-state index contributed by atoms with van der Waals surface area (Å²) in [6, 6.07) is 11.4. The quantitative estimate of drug-likeness (QED) is 0.484. The first kappa shape index (κ1) is 16.7. The second-order valence-corrected chi connectivity index (χ2v) is 5.29. The molecule has 2 aromatic rings. The van der Waals surface area contributed by atoms with Gasteiger partial charge in [0.05, 0.1) is 0 Å². The van der Waals surface area contributed by atoms with Crippen LogP contribution in [0.15, 0.2) is 42.5 Å². The van der Waals surface area contributed by atoms with Crippen LogP contribution < -0.4 is 9.47 Å². The average Bonchev–Trinajstić information content (AvgIpc) is 2.56. The minimum Gasteiger partial charge on any atom is -0.504 e. The van der Waals surface area contributed by atoms with E-state index in [0.29, 0.717) is 11.7 Å². The van der Waals surface area contributed by atoms with Gasteiger partial charge in [0.25, 0.3) is 0 Å². The molecule has 2 N–H and O–H groups in total. The van der Waals surface area contributed by atoms with Crippen molar-refractivity contribution >= 4 is 5.97 Å². The van der Waals surface area contributed by atoms with Crippen LogP contribution in [0.3, 0.4) is 0 Å². The van der Waals surface area contributed by atoms with Gasteiger partial charge in [0, 0.05) is 6.07 Å². The summed E-state index contributed by atoms with van der Waals surface area (Å²) in [5, 5.41) is 18.5. The Morgan fingerprint density at radius 2 is 1.70 bits per heavy atom. The van der Waals surface area contributed by atoms with Crippen LogP contribution in [-0.4, -0.2) is 22.8 Å². The molecule has 0 saturated carbocycles. The Hall–Kier alpha value is -2.69. The largest absolute Gasteiger partial charge is 0.504 e. The first-order valence-corrected chi connectivity index (χ1v) is 7.45. The minimum absolute atomic E-state index is 0.140. The minimum atomic E-state index is -0.596. The van der Waals surface area contributed by atoms with Gasteiger partial charge in [-0.2, -0.15) is 0 Å². The van der Waals surface area contributed by atoms with E-state index in [9.17, 15) is 15.0 Å². The number of esters is 1. The fourth-order valence-corrected chi connectivity index (χ4v) is 2.00. The molecule has 0 saturated heterocycles. The summed E-state index contributed by atoms with van der Waals surface area (Å²) in [5.74, 6) is -0.0137. The summed E-state index contributed by atoms with van der Waals surface area (Å²) in [6.45, 7) is 4.04. The van der Waals surface area contributed by atoms with E-state index < -0.39 is 5.97 Å². The maximum atomic E-state index is 11.7. The average molecular weight is 316 g/mol. The summed E-state index contributed by atoms with van der Waals surface area (Å²) in [4.78, 5) is 11.7. The number of benzene rings is 2. The van der Waals surface area contributed by atoms with Gasteiger partial charge in [-0.05, 0) is 42.2 Å². The molecule has 0 aliphatic heterocycles. The van der Waals surface area contributed by atoms with Crippen molar-refractivity contribution in [3.05, 3.63) is 48.0 Å². The molecule has 0 spiro atoms.